The van der Waals surface area contributed by atoms with Gasteiger partial charge in [0.1, 0.15) is 11.6 Å². The molecule has 7 heteroatoms. The molecule has 0 aliphatic carbocycles. The third kappa shape index (κ3) is 5.13. The van der Waals surface area contributed by atoms with Crippen molar-refractivity contribution in [1.82, 2.24) is 5.32 Å². The second-order valence-electron chi connectivity index (χ2n) is 4.83. The molecule has 0 radical (unpaired) electrons. The number of benzene rings is 2. The van der Waals surface area contributed by atoms with Gasteiger partial charge in [0.25, 0.3) is 0 Å². The van der Waals surface area contributed by atoms with Crippen LogP contribution in [-0.2, 0) is 19.7 Å². The van der Waals surface area contributed by atoms with Crippen molar-refractivity contribution in [3.8, 4) is 5.75 Å². The van der Waals surface area contributed by atoms with Crippen molar-refractivity contribution in [1.29, 1.82) is 0 Å². The summed E-state index contributed by atoms with van der Waals surface area (Å²) in [5.41, 5.74) is 1.85. The monoisotopic (exact) mass is 345 g/mol. The summed E-state index contributed by atoms with van der Waals surface area (Å²) in [4.78, 5) is 0. The van der Waals surface area contributed by atoms with Crippen LogP contribution in [0.15, 0.2) is 36.4 Å². The van der Waals surface area contributed by atoms with Crippen LogP contribution in [0.5, 0.6) is 5.75 Å². The number of hydrogen-bond donors (Lipinski definition) is 2. The van der Waals surface area contributed by atoms with E-state index in [2.05, 4.69) is 10.1 Å². The number of nitrogens with one attached hydrogen (secondary N) is 1. The van der Waals surface area contributed by atoms with Gasteiger partial charge < -0.3 is 15.2 Å². The van der Waals surface area contributed by atoms with Crippen molar-refractivity contribution in [2.24, 2.45) is 0 Å². The Balaban J connectivity index is 1.92. The summed E-state index contributed by atoms with van der Waals surface area (Å²) in [6.45, 7) is -2.38. The lowest BCUT2D eigenvalue weighted by atomic mass is 10.1. The van der Waals surface area contributed by atoms with Crippen molar-refractivity contribution in [2.45, 2.75) is 26.3 Å². The molecule has 0 fully saturated rings. The Kier molecular flexibility index (Phi) is 6.27. The summed E-state index contributed by atoms with van der Waals surface area (Å²) < 4.78 is 41.8. The van der Waals surface area contributed by atoms with Crippen molar-refractivity contribution in [2.75, 3.05) is 0 Å². The fraction of sp³-hybridized carbons (Fsp3) is 0.250. The van der Waals surface area contributed by atoms with E-state index in [1.54, 1.807) is 18.2 Å². The smallest absolute Gasteiger partial charge is 0.387 e. The first-order valence-corrected chi connectivity index (χ1v) is 7.19. The Bertz CT molecular complexity index is 668. The maximum absolute atomic E-state index is 13.3. The van der Waals surface area contributed by atoms with Crippen LogP contribution in [0.4, 0.5) is 13.2 Å². The minimum Gasteiger partial charge on any atom is -0.433 e. The highest BCUT2D eigenvalue weighted by molar-refractivity contribution is 6.32. The van der Waals surface area contributed by atoms with Crippen LogP contribution in [0.3, 0.4) is 0 Å². The van der Waals surface area contributed by atoms with Crippen molar-refractivity contribution >= 4 is 11.6 Å². The van der Waals surface area contributed by atoms with Crippen LogP contribution in [0, 0.1) is 5.82 Å². The zero-order chi connectivity index (χ0) is 16.8. The van der Waals surface area contributed by atoms with Gasteiger partial charge in [-0.05, 0) is 35.4 Å². The highest BCUT2D eigenvalue weighted by atomic mass is 35.5. The van der Waals surface area contributed by atoms with Gasteiger partial charge >= 0.3 is 6.61 Å². The summed E-state index contributed by atoms with van der Waals surface area (Å²) in [7, 11) is 0. The van der Waals surface area contributed by atoms with Crippen LogP contribution in [0.2, 0.25) is 5.02 Å². The highest BCUT2D eigenvalue weighted by Gasteiger charge is 2.09. The number of aliphatic hydroxyl groups is 1. The molecule has 2 N–H and O–H groups in total. The molecule has 2 rings (SSSR count). The number of hydrogen-bond acceptors (Lipinski definition) is 3. The van der Waals surface area contributed by atoms with E-state index in [1.807, 2.05) is 0 Å². The molecular formula is C16H15ClF3NO2. The Morgan fingerprint density at radius 1 is 1.09 bits per heavy atom. The van der Waals surface area contributed by atoms with E-state index in [0.29, 0.717) is 13.1 Å². The van der Waals surface area contributed by atoms with E-state index in [-0.39, 0.29) is 22.9 Å². The minimum atomic E-state index is -2.92. The van der Waals surface area contributed by atoms with Gasteiger partial charge in [-0.3, -0.25) is 0 Å². The van der Waals surface area contributed by atoms with Crippen LogP contribution >= 0.6 is 11.6 Å². The Hall–Kier alpha value is -1.76. The lowest BCUT2D eigenvalue weighted by Crippen LogP contribution is -2.13. The Labute approximate surface area is 136 Å². The molecule has 23 heavy (non-hydrogen) atoms. The molecule has 3 nitrogen and oxygen atoms in total. The average molecular weight is 346 g/mol. The number of rotatable bonds is 7. The van der Waals surface area contributed by atoms with Gasteiger partial charge in [0.15, 0.2) is 0 Å². The van der Waals surface area contributed by atoms with Crippen LogP contribution in [0.25, 0.3) is 0 Å². The molecule has 2 aromatic rings. The molecule has 0 unspecified atom stereocenters. The number of alkyl halides is 2. The van der Waals surface area contributed by atoms with Gasteiger partial charge in [-0.25, -0.2) is 4.39 Å². The van der Waals surface area contributed by atoms with Gasteiger partial charge in [-0.2, -0.15) is 8.78 Å². The van der Waals surface area contributed by atoms with Gasteiger partial charge in [0.05, 0.1) is 11.6 Å². The van der Waals surface area contributed by atoms with Gasteiger partial charge in [0, 0.05) is 18.7 Å². The molecular weight excluding hydrogens is 331 g/mol. The fourth-order valence-corrected chi connectivity index (χ4v) is 2.30. The van der Waals surface area contributed by atoms with Crippen molar-refractivity contribution in [3.63, 3.8) is 0 Å². The Morgan fingerprint density at radius 3 is 2.35 bits per heavy atom. The van der Waals surface area contributed by atoms with Crippen LogP contribution in [0.1, 0.15) is 16.7 Å². The van der Waals surface area contributed by atoms with Crippen LogP contribution < -0.4 is 10.1 Å². The first-order valence-electron chi connectivity index (χ1n) is 6.81. The van der Waals surface area contributed by atoms with Gasteiger partial charge in [-0.1, -0.05) is 23.7 Å². The second-order valence-corrected chi connectivity index (χ2v) is 5.24. The molecule has 0 aliphatic heterocycles. The number of halogens is 4. The van der Waals surface area contributed by atoms with E-state index >= 15 is 0 Å². The standard InChI is InChI=1S/C16H15ClF3NO2/c17-13-6-11(2-4-15(13)23-16(19)20)8-21-7-10-1-3-14(18)12(5-10)9-22/h1-6,16,21-22H,7-9H2. The first kappa shape index (κ1) is 17.6. The maximum atomic E-state index is 13.3. The van der Waals surface area contributed by atoms with E-state index < -0.39 is 12.4 Å². The summed E-state index contributed by atoms with van der Waals surface area (Å²) >= 11 is 5.87. The molecule has 0 saturated carbocycles. The summed E-state index contributed by atoms with van der Waals surface area (Å²) in [6, 6.07) is 9.04. The predicted molar refractivity (Wildman–Crippen MR) is 81.0 cm³/mol. The Morgan fingerprint density at radius 2 is 1.74 bits per heavy atom. The highest BCUT2D eigenvalue weighted by Crippen LogP contribution is 2.26. The van der Waals surface area contributed by atoms with Gasteiger partial charge in [-0.15, -0.1) is 0 Å². The van der Waals surface area contributed by atoms with Crippen molar-refractivity contribution in [3.05, 3.63) is 63.9 Å². The molecule has 0 heterocycles. The summed E-state index contributed by atoms with van der Waals surface area (Å²) in [5.74, 6) is -0.519. The van der Waals surface area contributed by atoms with Gasteiger partial charge in [0.2, 0.25) is 0 Å². The minimum absolute atomic E-state index is 0.0726. The second kappa shape index (κ2) is 8.19. The molecule has 0 aliphatic rings. The van der Waals surface area contributed by atoms with Crippen LogP contribution in [-0.4, -0.2) is 11.7 Å². The molecule has 0 amide bonds. The average Bonchev–Trinajstić information content (AvgIpc) is 2.51. The molecule has 2 aromatic carbocycles. The first-order chi connectivity index (χ1) is 11.0. The third-order valence-electron chi connectivity index (χ3n) is 3.15. The normalized spacial score (nSPS) is 11.0. The zero-order valence-electron chi connectivity index (χ0n) is 12.0. The molecule has 0 aromatic heterocycles. The molecule has 0 bridgehead atoms. The van der Waals surface area contributed by atoms with E-state index in [4.69, 9.17) is 16.7 Å². The lowest BCUT2D eigenvalue weighted by Gasteiger charge is -2.10. The largest absolute Gasteiger partial charge is 0.433 e. The number of ether oxygens (including phenoxy) is 1. The summed E-state index contributed by atoms with van der Waals surface area (Å²) in [5, 5.41) is 12.3. The van der Waals surface area contributed by atoms with E-state index in [9.17, 15) is 13.2 Å². The summed E-state index contributed by atoms with van der Waals surface area (Å²) in [6.07, 6.45) is 0. The SMILES string of the molecule is OCc1cc(CNCc2ccc(OC(F)F)c(Cl)c2)ccc1F. The van der Waals surface area contributed by atoms with E-state index in [0.717, 1.165) is 11.1 Å². The molecule has 124 valence electrons. The predicted octanol–water partition coefficient (Wildman–Crippen LogP) is 3.86. The molecule has 0 saturated heterocycles. The topological polar surface area (TPSA) is 41.5 Å². The maximum Gasteiger partial charge on any atom is 0.387 e. The molecule has 0 atom stereocenters. The third-order valence-corrected chi connectivity index (χ3v) is 3.45. The van der Waals surface area contributed by atoms with E-state index in [1.165, 1.54) is 18.2 Å². The van der Waals surface area contributed by atoms with Crippen molar-refractivity contribution < 1.29 is 23.0 Å². The lowest BCUT2D eigenvalue weighted by molar-refractivity contribution is -0.0497. The zero-order valence-corrected chi connectivity index (χ0v) is 12.8. The number of aliphatic hydroxyl groups excluding tert-OH is 1. The quantitative estimate of drug-likeness (QED) is 0.800. The fourth-order valence-electron chi connectivity index (χ4n) is 2.06. The molecule has 0 spiro atoms.